The lowest BCUT2D eigenvalue weighted by molar-refractivity contribution is -0.120. The number of hydrogen-bond acceptors (Lipinski definition) is 4. The molecule has 1 aliphatic rings. The molecule has 1 aromatic heterocycles. The van der Waals surface area contributed by atoms with Gasteiger partial charge in [-0.25, -0.2) is 4.98 Å². The third kappa shape index (κ3) is 4.15. The van der Waals surface area contributed by atoms with Crippen LogP contribution in [0, 0.1) is 5.92 Å². The molecule has 6 nitrogen and oxygen atoms in total. The highest BCUT2D eigenvalue weighted by Crippen LogP contribution is 2.31. The van der Waals surface area contributed by atoms with Crippen LogP contribution in [0.3, 0.4) is 0 Å². The number of para-hydroxylation sites is 4. The summed E-state index contributed by atoms with van der Waals surface area (Å²) in [6, 6.07) is 15.4. The molecule has 0 saturated carbocycles. The SMILES string of the molecule is CC(C)CCn1c(SCC(=O)N2CC(=O)Nc3ccccc32)nc2ccccc21. The number of anilines is 2. The van der Waals surface area contributed by atoms with Crippen molar-refractivity contribution in [3.63, 3.8) is 0 Å². The van der Waals surface area contributed by atoms with E-state index in [0.717, 1.165) is 34.8 Å². The van der Waals surface area contributed by atoms with Crippen molar-refractivity contribution in [3.05, 3.63) is 48.5 Å². The van der Waals surface area contributed by atoms with Gasteiger partial charge in [-0.2, -0.15) is 0 Å². The fraction of sp³-hybridized carbons (Fsp3) is 0.318. The molecule has 0 saturated heterocycles. The molecule has 0 spiro atoms. The van der Waals surface area contributed by atoms with Crippen molar-refractivity contribution in [1.29, 1.82) is 0 Å². The lowest BCUT2D eigenvalue weighted by Gasteiger charge is -2.29. The minimum absolute atomic E-state index is 0.0418. The van der Waals surface area contributed by atoms with Gasteiger partial charge in [-0.15, -0.1) is 0 Å². The number of carbonyl (C=O) groups is 2. The molecule has 0 bridgehead atoms. The van der Waals surface area contributed by atoms with Crippen LogP contribution in [0.2, 0.25) is 0 Å². The average molecular weight is 409 g/mol. The van der Waals surface area contributed by atoms with Gasteiger partial charge in [0.25, 0.3) is 0 Å². The van der Waals surface area contributed by atoms with E-state index in [4.69, 9.17) is 4.98 Å². The largest absolute Gasteiger partial charge is 0.323 e. The number of carbonyl (C=O) groups excluding carboxylic acids is 2. The number of benzene rings is 2. The summed E-state index contributed by atoms with van der Waals surface area (Å²) in [5.41, 5.74) is 3.44. The smallest absolute Gasteiger partial charge is 0.244 e. The fourth-order valence-corrected chi connectivity index (χ4v) is 4.34. The molecule has 0 atom stereocenters. The van der Waals surface area contributed by atoms with E-state index in [1.54, 1.807) is 4.90 Å². The summed E-state index contributed by atoms with van der Waals surface area (Å²) in [4.78, 5) is 31.3. The molecule has 150 valence electrons. The normalized spacial score (nSPS) is 13.6. The molecule has 1 N–H and O–H groups in total. The first-order valence-electron chi connectivity index (χ1n) is 9.80. The Labute approximate surface area is 174 Å². The highest BCUT2D eigenvalue weighted by molar-refractivity contribution is 7.99. The molecule has 0 unspecified atom stereocenters. The minimum Gasteiger partial charge on any atom is -0.323 e. The Morgan fingerprint density at radius 1 is 1.17 bits per heavy atom. The summed E-state index contributed by atoms with van der Waals surface area (Å²) in [5.74, 6) is 0.539. The number of nitrogens with zero attached hydrogens (tertiary/aromatic N) is 3. The van der Waals surface area contributed by atoms with Gasteiger partial charge >= 0.3 is 0 Å². The van der Waals surface area contributed by atoms with Gasteiger partial charge in [-0.3, -0.25) is 9.59 Å². The van der Waals surface area contributed by atoms with Crippen molar-refractivity contribution >= 4 is 46.0 Å². The van der Waals surface area contributed by atoms with Gasteiger partial charge in [-0.1, -0.05) is 49.9 Å². The maximum Gasteiger partial charge on any atom is 0.244 e. The van der Waals surface area contributed by atoms with Gasteiger partial charge in [-0.05, 0) is 36.6 Å². The van der Waals surface area contributed by atoms with Crippen molar-refractivity contribution in [2.24, 2.45) is 5.92 Å². The van der Waals surface area contributed by atoms with E-state index in [1.165, 1.54) is 11.8 Å². The molecule has 0 radical (unpaired) electrons. The average Bonchev–Trinajstić information content (AvgIpc) is 3.07. The number of fused-ring (bicyclic) bond motifs is 2. The summed E-state index contributed by atoms with van der Waals surface area (Å²) in [6.07, 6.45) is 1.04. The van der Waals surface area contributed by atoms with Gasteiger partial charge < -0.3 is 14.8 Å². The molecule has 0 fully saturated rings. The predicted molar refractivity (Wildman–Crippen MR) is 117 cm³/mol. The third-order valence-corrected chi connectivity index (χ3v) is 5.91. The van der Waals surface area contributed by atoms with Crippen LogP contribution in [-0.4, -0.2) is 33.7 Å². The second-order valence-corrected chi connectivity index (χ2v) is 8.49. The second kappa shape index (κ2) is 8.29. The van der Waals surface area contributed by atoms with Crippen LogP contribution in [0.15, 0.2) is 53.7 Å². The van der Waals surface area contributed by atoms with E-state index >= 15 is 0 Å². The summed E-state index contributed by atoms with van der Waals surface area (Å²) in [6.45, 7) is 5.31. The van der Waals surface area contributed by atoms with Crippen molar-refractivity contribution in [3.8, 4) is 0 Å². The molecular formula is C22H24N4O2S. The van der Waals surface area contributed by atoms with E-state index < -0.39 is 0 Å². The zero-order chi connectivity index (χ0) is 20.4. The molecule has 0 aliphatic carbocycles. The standard InChI is InChI=1S/C22H24N4O2S/c1-15(2)11-12-25-18-9-5-4-8-17(18)24-22(25)29-14-21(28)26-13-20(27)23-16-7-3-6-10-19(16)26/h3-10,15H,11-14H2,1-2H3,(H,23,27). The Kier molecular flexibility index (Phi) is 5.58. The Bertz CT molecular complexity index is 1060. The first-order valence-corrected chi connectivity index (χ1v) is 10.8. The molecule has 1 aliphatic heterocycles. The summed E-state index contributed by atoms with van der Waals surface area (Å²) < 4.78 is 2.20. The summed E-state index contributed by atoms with van der Waals surface area (Å²) >= 11 is 1.43. The van der Waals surface area contributed by atoms with Crippen LogP contribution in [0.5, 0.6) is 0 Å². The van der Waals surface area contributed by atoms with Gasteiger partial charge in [0.05, 0.1) is 28.2 Å². The summed E-state index contributed by atoms with van der Waals surface area (Å²) in [5, 5.41) is 3.66. The number of nitrogens with one attached hydrogen (secondary N) is 1. The second-order valence-electron chi connectivity index (χ2n) is 7.55. The lowest BCUT2D eigenvalue weighted by atomic mass is 10.1. The van der Waals surface area contributed by atoms with Crippen molar-refractivity contribution < 1.29 is 9.59 Å². The maximum atomic E-state index is 13.0. The lowest BCUT2D eigenvalue weighted by Crippen LogP contribution is -2.43. The van der Waals surface area contributed by atoms with E-state index in [1.807, 2.05) is 42.5 Å². The van der Waals surface area contributed by atoms with Gasteiger partial charge in [0, 0.05) is 6.54 Å². The van der Waals surface area contributed by atoms with E-state index in [0.29, 0.717) is 11.6 Å². The number of hydrogen-bond donors (Lipinski definition) is 1. The first-order chi connectivity index (χ1) is 14.0. The Hall–Kier alpha value is -2.80. The molecule has 2 aromatic carbocycles. The Morgan fingerprint density at radius 3 is 2.76 bits per heavy atom. The molecule has 3 aromatic rings. The molecule has 29 heavy (non-hydrogen) atoms. The van der Waals surface area contributed by atoms with Crippen LogP contribution >= 0.6 is 11.8 Å². The van der Waals surface area contributed by atoms with Crippen LogP contribution < -0.4 is 10.2 Å². The van der Waals surface area contributed by atoms with Crippen molar-refractivity contribution in [2.45, 2.75) is 32.0 Å². The summed E-state index contributed by atoms with van der Waals surface area (Å²) in [7, 11) is 0. The Morgan fingerprint density at radius 2 is 1.93 bits per heavy atom. The monoisotopic (exact) mass is 408 g/mol. The molecule has 2 heterocycles. The van der Waals surface area contributed by atoms with Gasteiger partial charge in [0.2, 0.25) is 11.8 Å². The number of thioether (sulfide) groups is 1. The van der Waals surface area contributed by atoms with Crippen LogP contribution in [0.25, 0.3) is 11.0 Å². The van der Waals surface area contributed by atoms with Crippen molar-refractivity contribution in [2.75, 3.05) is 22.5 Å². The number of imidazole rings is 1. The quantitative estimate of drug-likeness (QED) is 0.622. The number of aromatic nitrogens is 2. The molecule has 4 rings (SSSR count). The zero-order valence-corrected chi connectivity index (χ0v) is 17.4. The van der Waals surface area contributed by atoms with Gasteiger partial charge in [0.15, 0.2) is 5.16 Å². The fourth-order valence-electron chi connectivity index (χ4n) is 3.43. The minimum atomic E-state index is -0.175. The third-order valence-electron chi connectivity index (χ3n) is 4.95. The van der Waals surface area contributed by atoms with Crippen LogP contribution in [0.4, 0.5) is 11.4 Å². The molecular weight excluding hydrogens is 384 g/mol. The Balaban J connectivity index is 1.55. The van der Waals surface area contributed by atoms with E-state index in [-0.39, 0.29) is 24.1 Å². The number of aryl methyl sites for hydroxylation is 1. The van der Waals surface area contributed by atoms with E-state index in [2.05, 4.69) is 29.8 Å². The molecule has 2 amide bonds. The predicted octanol–water partition coefficient (Wildman–Crippen LogP) is 4.16. The highest BCUT2D eigenvalue weighted by atomic mass is 32.2. The highest BCUT2D eigenvalue weighted by Gasteiger charge is 2.27. The van der Waals surface area contributed by atoms with E-state index in [9.17, 15) is 9.59 Å². The number of rotatable bonds is 6. The van der Waals surface area contributed by atoms with Crippen LogP contribution in [-0.2, 0) is 16.1 Å². The van der Waals surface area contributed by atoms with Gasteiger partial charge in [0.1, 0.15) is 6.54 Å². The zero-order valence-electron chi connectivity index (χ0n) is 16.6. The molecule has 7 heteroatoms. The first kappa shape index (κ1) is 19.5. The maximum absolute atomic E-state index is 13.0. The number of amides is 2. The topological polar surface area (TPSA) is 67.2 Å². The van der Waals surface area contributed by atoms with Crippen LogP contribution in [0.1, 0.15) is 20.3 Å². The van der Waals surface area contributed by atoms with Crippen molar-refractivity contribution in [1.82, 2.24) is 9.55 Å².